The predicted molar refractivity (Wildman–Crippen MR) is 95.9 cm³/mol. The topological polar surface area (TPSA) is 115 Å². The van der Waals surface area contributed by atoms with E-state index in [1.165, 1.54) is 7.05 Å². The molecule has 0 spiro atoms. The molecule has 0 bridgehead atoms. The van der Waals surface area contributed by atoms with E-state index in [1.54, 1.807) is 11.8 Å². The Morgan fingerprint density at radius 1 is 1.48 bits per heavy atom. The maximum Gasteiger partial charge on any atom is 0.234 e. The van der Waals surface area contributed by atoms with E-state index in [9.17, 15) is 8.42 Å². The molecule has 0 atom stereocenters. The van der Waals surface area contributed by atoms with Gasteiger partial charge in [-0.2, -0.15) is 11.8 Å². The molecule has 1 aromatic rings. The molecule has 4 N–H and O–H groups in total. The molecule has 0 saturated heterocycles. The fourth-order valence-corrected chi connectivity index (χ4v) is 3.03. The zero-order valence-corrected chi connectivity index (χ0v) is 15.9. The predicted octanol–water partition coefficient (Wildman–Crippen LogP) is 1.22. The van der Waals surface area contributed by atoms with Crippen LogP contribution in [0.1, 0.15) is 30.9 Å². The fraction of sp³-hybridized carbons (Fsp3) is 0.643. The second-order valence-electron chi connectivity index (χ2n) is 5.97. The van der Waals surface area contributed by atoms with Gasteiger partial charge >= 0.3 is 0 Å². The molecular formula is C14H26N4O3S2. The summed E-state index contributed by atoms with van der Waals surface area (Å²) in [6.07, 6.45) is 1.08. The summed E-state index contributed by atoms with van der Waals surface area (Å²) in [7, 11) is -1.98. The summed E-state index contributed by atoms with van der Waals surface area (Å²) in [5.41, 5.74) is 12.2. The second-order valence-corrected chi connectivity index (χ2v) is 9.09. The van der Waals surface area contributed by atoms with Gasteiger partial charge in [0, 0.05) is 12.8 Å². The summed E-state index contributed by atoms with van der Waals surface area (Å²) in [6, 6.07) is 1.99. The molecule has 0 aliphatic carbocycles. The van der Waals surface area contributed by atoms with Crippen LogP contribution >= 0.6 is 11.8 Å². The first-order chi connectivity index (χ1) is 10.4. The quantitative estimate of drug-likeness (QED) is 0.428. The lowest BCUT2D eigenvalue weighted by molar-refractivity contribution is 0.378. The van der Waals surface area contributed by atoms with Crippen LogP contribution in [0, 0.1) is 6.92 Å². The molecule has 1 heterocycles. The number of hydrogen-bond acceptors (Lipinski definition) is 6. The molecule has 0 amide bonds. The number of thioether (sulfide) groups is 1. The van der Waals surface area contributed by atoms with E-state index in [2.05, 4.69) is 4.99 Å². The van der Waals surface area contributed by atoms with E-state index in [1.807, 2.05) is 26.8 Å². The smallest absolute Gasteiger partial charge is 0.234 e. The van der Waals surface area contributed by atoms with Crippen molar-refractivity contribution in [2.45, 2.75) is 32.1 Å². The summed E-state index contributed by atoms with van der Waals surface area (Å²) in [4.78, 5) is 4.05. The third-order valence-corrected chi connectivity index (χ3v) is 5.27. The van der Waals surface area contributed by atoms with Crippen LogP contribution in [0.15, 0.2) is 15.5 Å². The Kier molecular flexibility index (Phi) is 6.55. The Labute approximate surface area is 142 Å². The fourth-order valence-electron chi connectivity index (χ4n) is 1.93. The SMILES string of the molecule is Cc1cc(CSCCN=C(N)N(C)S(C)(=O)=O)oc1C(C)(C)N. The van der Waals surface area contributed by atoms with Crippen molar-refractivity contribution in [1.29, 1.82) is 0 Å². The maximum atomic E-state index is 11.3. The van der Waals surface area contributed by atoms with E-state index in [-0.39, 0.29) is 5.96 Å². The van der Waals surface area contributed by atoms with Crippen LogP contribution in [0.4, 0.5) is 0 Å². The molecule has 23 heavy (non-hydrogen) atoms. The number of aliphatic imine (C=N–C) groups is 1. The van der Waals surface area contributed by atoms with Crippen molar-refractivity contribution in [2.75, 3.05) is 25.6 Å². The molecule has 1 aromatic heterocycles. The van der Waals surface area contributed by atoms with E-state index in [0.717, 1.165) is 27.6 Å². The summed E-state index contributed by atoms with van der Waals surface area (Å²) in [6.45, 7) is 6.23. The molecule has 0 fully saturated rings. The molecule has 1 rings (SSSR count). The highest BCUT2D eigenvalue weighted by atomic mass is 32.2. The minimum Gasteiger partial charge on any atom is -0.463 e. The van der Waals surface area contributed by atoms with E-state index in [0.29, 0.717) is 18.1 Å². The van der Waals surface area contributed by atoms with E-state index in [4.69, 9.17) is 15.9 Å². The third-order valence-electron chi connectivity index (χ3n) is 3.13. The highest BCUT2D eigenvalue weighted by molar-refractivity contribution is 7.98. The molecule has 0 aliphatic heterocycles. The van der Waals surface area contributed by atoms with Gasteiger partial charge in [0.15, 0.2) is 0 Å². The van der Waals surface area contributed by atoms with Crippen LogP contribution in [0.5, 0.6) is 0 Å². The van der Waals surface area contributed by atoms with E-state index < -0.39 is 15.6 Å². The maximum absolute atomic E-state index is 11.3. The number of aryl methyl sites for hydroxylation is 1. The Bertz CT molecular complexity index is 660. The van der Waals surface area contributed by atoms with Crippen LogP contribution < -0.4 is 11.5 Å². The Morgan fingerprint density at radius 2 is 2.09 bits per heavy atom. The molecule has 0 unspecified atom stereocenters. The molecule has 0 aliphatic rings. The minimum absolute atomic E-state index is 0.00545. The van der Waals surface area contributed by atoms with Crippen molar-refractivity contribution in [1.82, 2.24) is 4.31 Å². The molecule has 0 saturated carbocycles. The van der Waals surface area contributed by atoms with Gasteiger partial charge in [-0.1, -0.05) is 0 Å². The molecule has 7 nitrogen and oxygen atoms in total. The number of furan rings is 1. The van der Waals surface area contributed by atoms with Crippen LogP contribution in [0.25, 0.3) is 0 Å². The number of guanidine groups is 1. The van der Waals surface area contributed by atoms with E-state index >= 15 is 0 Å². The first-order valence-electron chi connectivity index (χ1n) is 7.13. The van der Waals surface area contributed by atoms with Gasteiger partial charge in [0.05, 0.1) is 24.1 Å². The largest absolute Gasteiger partial charge is 0.463 e. The lowest BCUT2D eigenvalue weighted by Crippen LogP contribution is -2.38. The zero-order chi connectivity index (χ0) is 17.8. The lowest BCUT2D eigenvalue weighted by atomic mass is 10.0. The second kappa shape index (κ2) is 7.59. The number of nitrogens with zero attached hydrogens (tertiary/aromatic N) is 2. The van der Waals surface area contributed by atoms with Crippen molar-refractivity contribution in [3.05, 3.63) is 23.2 Å². The van der Waals surface area contributed by atoms with Crippen molar-refractivity contribution in [3.63, 3.8) is 0 Å². The molecular weight excluding hydrogens is 336 g/mol. The van der Waals surface area contributed by atoms with Crippen molar-refractivity contribution < 1.29 is 12.8 Å². The van der Waals surface area contributed by atoms with Crippen molar-refractivity contribution in [2.24, 2.45) is 16.5 Å². The number of nitrogens with two attached hydrogens (primary N) is 2. The normalized spacial score (nSPS) is 13.4. The first kappa shape index (κ1) is 19.9. The van der Waals surface area contributed by atoms with Gasteiger partial charge < -0.3 is 15.9 Å². The van der Waals surface area contributed by atoms with Crippen LogP contribution in [0.3, 0.4) is 0 Å². The van der Waals surface area contributed by atoms with Gasteiger partial charge in [0.2, 0.25) is 16.0 Å². The number of sulfonamides is 1. The molecule has 132 valence electrons. The van der Waals surface area contributed by atoms with Gasteiger partial charge in [-0.25, -0.2) is 12.7 Å². The molecule has 9 heteroatoms. The molecule has 0 radical (unpaired) electrons. The summed E-state index contributed by atoms with van der Waals surface area (Å²) in [5, 5.41) is 0. The van der Waals surface area contributed by atoms with Gasteiger partial charge in [-0.3, -0.25) is 4.99 Å². The third kappa shape index (κ3) is 6.08. The van der Waals surface area contributed by atoms with Gasteiger partial charge in [-0.05, 0) is 32.4 Å². The molecule has 0 aromatic carbocycles. The highest BCUT2D eigenvalue weighted by Crippen LogP contribution is 2.26. The monoisotopic (exact) mass is 362 g/mol. The van der Waals surface area contributed by atoms with Gasteiger partial charge in [0.1, 0.15) is 11.5 Å². The van der Waals surface area contributed by atoms with Gasteiger partial charge in [0.25, 0.3) is 0 Å². The number of hydrogen-bond donors (Lipinski definition) is 2. The standard InChI is InChI=1S/C14H26N4O3S2/c1-10-8-11(21-12(10)14(2,3)16)9-22-7-6-17-13(15)18(4)23(5,19)20/h8H,6-7,9,16H2,1-5H3,(H2,15,17). The van der Waals surface area contributed by atoms with Crippen molar-refractivity contribution in [3.8, 4) is 0 Å². The highest BCUT2D eigenvalue weighted by Gasteiger charge is 2.22. The Balaban J connectivity index is 2.47. The average molecular weight is 363 g/mol. The summed E-state index contributed by atoms with van der Waals surface area (Å²) < 4.78 is 29.4. The first-order valence-corrected chi connectivity index (χ1v) is 10.1. The minimum atomic E-state index is -3.36. The summed E-state index contributed by atoms with van der Waals surface area (Å²) >= 11 is 1.64. The van der Waals surface area contributed by atoms with Crippen molar-refractivity contribution >= 4 is 27.7 Å². The van der Waals surface area contributed by atoms with Crippen LogP contribution in [-0.4, -0.2) is 44.3 Å². The van der Waals surface area contributed by atoms with Gasteiger partial charge in [-0.15, -0.1) is 0 Å². The van der Waals surface area contributed by atoms with Crippen LogP contribution in [-0.2, 0) is 21.3 Å². The zero-order valence-electron chi connectivity index (χ0n) is 14.3. The summed E-state index contributed by atoms with van der Waals surface area (Å²) in [5.74, 6) is 3.07. The average Bonchev–Trinajstić information content (AvgIpc) is 2.77. The van der Waals surface area contributed by atoms with Crippen LogP contribution in [0.2, 0.25) is 0 Å². The Hall–Kier alpha value is -1.19. The Morgan fingerprint density at radius 3 is 2.57 bits per heavy atom. The lowest BCUT2D eigenvalue weighted by Gasteiger charge is -2.16. The number of rotatable bonds is 7.